The summed E-state index contributed by atoms with van der Waals surface area (Å²) in [5, 5.41) is 14.0. The highest BCUT2D eigenvalue weighted by Crippen LogP contribution is 2.31. The Hall–Kier alpha value is -2.41. The SMILES string of the molecule is Cc1cc2ncnc(Nc3ccc(O)cc3Cl)c2cc1C.O.O. The van der Waals surface area contributed by atoms with Crippen LogP contribution in [-0.2, 0) is 0 Å². The Kier molecular flexibility index (Phi) is 5.86. The maximum Gasteiger partial charge on any atom is 0.141 e. The van der Waals surface area contributed by atoms with Crippen LogP contribution in [0.3, 0.4) is 0 Å². The Labute approximate surface area is 138 Å². The molecule has 1 heterocycles. The fraction of sp³-hybridized carbons (Fsp3) is 0.125. The van der Waals surface area contributed by atoms with Crippen LogP contribution in [-0.4, -0.2) is 26.0 Å². The molecule has 0 aliphatic rings. The third-order valence-electron chi connectivity index (χ3n) is 3.46. The van der Waals surface area contributed by atoms with E-state index < -0.39 is 0 Å². The number of aromatic hydroxyl groups is 1. The van der Waals surface area contributed by atoms with Crippen molar-refractivity contribution in [2.75, 3.05) is 5.32 Å². The van der Waals surface area contributed by atoms with E-state index >= 15 is 0 Å². The van der Waals surface area contributed by atoms with Gasteiger partial charge in [-0.15, -0.1) is 0 Å². The molecule has 0 radical (unpaired) electrons. The number of benzene rings is 2. The number of nitrogens with zero attached hydrogens (tertiary/aromatic N) is 2. The van der Waals surface area contributed by atoms with Gasteiger partial charge in [0.1, 0.15) is 17.9 Å². The number of halogens is 1. The second-order valence-electron chi connectivity index (χ2n) is 4.97. The van der Waals surface area contributed by atoms with Crippen LogP contribution in [0.15, 0.2) is 36.7 Å². The van der Waals surface area contributed by atoms with Gasteiger partial charge in [0.15, 0.2) is 0 Å². The van der Waals surface area contributed by atoms with Gasteiger partial charge < -0.3 is 21.4 Å². The first-order chi connectivity index (χ1) is 10.0. The van der Waals surface area contributed by atoms with Gasteiger partial charge in [0.05, 0.1) is 16.2 Å². The van der Waals surface area contributed by atoms with Gasteiger partial charge in [-0.2, -0.15) is 0 Å². The van der Waals surface area contributed by atoms with Crippen LogP contribution in [0.4, 0.5) is 11.5 Å². The van der Waals surface area contributed by atoms with Crippen molar-refractivity contribution in [2.45, 2.75) is 13.8 Å². The lowest BCUT2D eigenvalue weighted by Gasteiger charge is -2.11. The van der Waals surface area contributed by atoms with Gasteiger partial charge in [-0.25, -0.2) is 9.97 Å². The van der Waals surface area contributed by atoms with Crippen LogP contribution in [0.1, 0.15) is 11.1 Å². The molecular weight excluding hydrogens is 318 g/mol. The fourth-order valence-corrected chi connectivity index (χ4v) is 2.37. The number of hydrogen-bond donors (Lipinski definition) is 2. The van der Waals surface area contributed by atoms with Gasteiger partial charge in [-0.1, -0.05) is 11.6 Å². The predicted molar refractivity (Wildman–Crippen MR) is 92.6 cm³/mol. The zero-order valence-electron chi connectivity index (χ0n) is 12.7. The Morgan fingerprint density at radius 3 is 2.39 bits per heavy atom. The van der Waals surface area contributed by atoms with E-state index in [2.05, 4.69) is 35.2 Å². The average Bonchev–Trinajstić information content (AvgIpc) is 2.44. The van der Waals surface area contributed by atoms with E-state index in [1.807, 2.05) is 6.07 Å². The molecule has 0 unspecified atom stereocenters. The minimum Gasteiger partial charge on any atom is -0.508 e. The summed E-state index contributed by atoms with van der Waals surface area (Å²) >= 11 is 6.12. The maximum atomic E-state index is 9.40. The molecule has 2 aromatic carbocycles. The van der Waals surface area contributed by atoms with E-state index in [9.17, 15) is 5.11 Å². The molecule has 0 aliphatic carbocycles. The molecule has 0 saturated carbocycles. The predicted octanol–water partition coefficient (Wildman–Crippen LogP) is 2.70. The Balaban J connectivity index is 0.00000132. The van der Waals surface area contributed by atoms with Crippen LogP contribution in [0, 0.1) is 13.8 Å². The van der Waals surface area contributed by atoms with E-state index in [0.717, 1.165) is 10.9 Å². The molecule has 0 atom stereocenters. The quantitative estimate of drug-likeness (QED) is 0.699. The lowest BCUT2D eigenvalue weighted by Crippen LogP contribution is -1.97. The zero-order valence-corrected chi connectivity index (χ0v) is 13.4. The van der Waals surface area contributed by atoms with Crippen molar-refractivity contribution in [1.29, 1.82) is 0 Å². The molecule has 0 spiro atoms. The number of nitrogens with one attached hydrogen (secondary N) is 1. The summed E-state index contributed by atoms with van der Waals surface area (Å²) in [6, 6.07) is 8.87. The smallest absolute Gasteiger partial charge is 0.141 e. The van der Waals surface area contributed by atoms with Crippen LogP contribution in [0.2, 0.25) is 5.02 Å². The van der Waals surface area contributed by atoms with Gasteiger partial charge in [-0.05, 0) is 49.2 Å². The van der Waals surface area contributed by atoms with Crippen LogP contribution in [0.5, 0.6) is 5.75 Å². The van der Waals surface area contributed by atoms with E-state index in [1.54, 1.807) is 12.1 Å². The van der Waals surface area contributed by atoms with Crippen molar-refractivity contribution < 1.29 is 16.1 Å². The molecule has 6 N–H and O–H groups in total. The Morgan fingerprint density at radius 2 is 1.70 bits per heavy atom. The third kappa shape index (κ3) is 3.68. The number of fused-ring (bicyclic) bond motifs is 1. The molecule has 7 heteroatoms. The Bertz CT molecular complexity index is 840. The molecule has 3 rings (SSSR count). The monoisotopic (exact) mass is 335 g/mol. The second kappa shape index (κ2) is 7.23. The molecule has 0 fully saturated rings. The highest BCUT2D eigenvalue weighted by atomic mass is 35.5. The number of hydrogen-bond acceptors (Lipinski definition) is 4. The molecular formula is C16H18ClN3O3. The van der Waals surface area contributed by atoms with E-state index in [-0.39, 0.29) is 16.7 Å². The summed E-state index contributed by atoms with van der Waals surface area (Å²) in [7, 11) is 0. The van der Waals surface area contributed by atoms with E-state index in [0.29, 0.717) is 16.5 Å². The van der Waals surface area contributed by atoms with Crippen molar-refractivity contribution in [3.63, 3.8) is 0 Å². The Morgan fingerprint density at radius 1 is 1.00 bits per heavy atom. The number of rotatable bonds is 2. The van der Waals surface area contributed by atoms with E-state index in [4.69, 9.17) is 11.6 Å². The minimum atomic E-state index is 0. The molecule has 0 bridgehead atoms. The van der Waals surface area contributed by atoms with Gasteiger partial charge >= 0.3 is 0 Å². The van der Waals surface area contributed by atoms with Crippen molar-refractivity contribution in [3.8, 4) is 5.75 Å². The summed E-state index contributed by atoms with van der Waals surface area (Å²) in [5.41, 5.74) is 3.94. The number of phenolic OH excluding ortho intramolecular Hbond substituents is 1. The molecule has 0 saturated heterocycles. The van der Waals surface area contributed by atoms with Crippen molar-refractivity contribution >= 4 is 34.0 Å². The molecule has 122 valence electrons. The fourth-order valence-electron chi connectivity index (χ4n) is 2.15. The molecule has 6 nitrogen and oxygen atoms in total. The number of anilines is 2. The molecule has 23 heavy (non-hydrogen) atoms. The summed E-state index contributed by atoms with van der Waals surface area (Å²) in [4.78, 5) is 8.59. The first kappa shape index (κ1) is 18.6. The van der Waals surface area contributed by atoms with Gasteiger partial charge in [0, 0.05) is 11.5 Å². The topological polar surface area (TPSA) is 121 Å². The van der Waals surface area contributed by atoms with Crippen molar-refractivity contribution in [1.82, 2.24) is 9.97 Å². The van der Waals surface area contributed by atoms with E-state index in [1.165, 1.54) is 23.5 Å². The highest BCUT2D eigenvalue weighted by molar-refractivity contribution is 6.33. The summed E-state index contributed by atoms with van der Waals surface area (Å²) < 4.78 is 0. The zero-order chi connectivity index (χ0) is 15.0. The summed E-state index contributed by atoms with van der Waals surface area (Å²) in [6.45, 7) is 4.11. The molecule has 1 aromatic heterocycles. The lowest BCUT2D eigenvalue weighted by atomic mass is 10.1. The van der Waals surface area contributed by atoms with Crippen LogP contribution >= 0.6 is 11.6 Å². The number of aryl methyl sites for hydroxylation is 2. The minimum absolute atomic E-state index is 0. The van der Waals surface area contributed by atoms with Gasteiger partial charge in [0.25, 0.3) is 0 Å². The summed E-state index contributed by atoms with van der Waals surface area (Å²) in [5.74, 6) is 0.820. The van der Waals surface area contributed by atoms with Crippen LogP contribution < -0.4 is 5.32 Å². The van der Waals surface area contributed by atoms with Crippen molar-refractivity contribution in [3.05, 3.63) is 52.8 Å². The second-order valence-corrected chi connectivity index (χ2v) is 5.37. The lowest BCUT2D eigenvalue weighted by molar-refractivity contribution is 0.475. The largest absolute Gasteiger partial charge is 0.508 e. The standard InChI is InChI=1S/C16H14ClN3O.2H2O/c1-9-5-12-15(6-10(9)2)18-8-19-16(12)20-14-4-3-11(21)7-13(14)17;;/h3-8,21H,1-2H3,(H,18,19,20);2*1H2. The average molecular weight is 336 g/mol. The normalized spacial score (nSPS) is 9.87. The maximum absolute atomic E-state index is 9.40. The highest BCUT2D eigenvalue weighted by Gasteiger charge is 2.08. The number of aromatic nitrogens is 2. The van der Waals surface area contributed by atoms with Crippen molar-refractivity contribution in [2.24, 2.45) is 0 Å². The first-order valence-electron chi connectivity index (χ1n) is 6.52. The van der Waals surface area contributed by atoms with Gasteiger partial charge in [0.2, 0.25) is 0 Å². The van der Waals surface area contributed by atoms with Gasteiger partial charge in [-0.3, -0.25) is 0 Å². The van der Waals surface area contributed by atoms with Crippen LogP contribution in [0.25, 0.3) is 10.9 Å². The first-order valence-corrected chi connectivity index (χ1v) is 6.90. The number of phenols is 1. The molecule has 3 aromatic rings. The molecule has 0 amide bonds. The molecule has 0 aliphatic heterocycles. The third-order valence-corrected chi connectivity index (χ3v) is 3.77. The summed E-state index contributed by atoms with van der Waals surface area (Å²) in [6.07, 6.45) is 1.52.